The van der Waals surface area contributed by atoms with Gasteiger partial charge in [0.15, 0.2) is 0 Å². The van der Waals surface area contributed by atoms with E-state index < -0.39 is 18.3 Å². The van der Waals surface area contributed by atoms with Crippen LogP contribution in [-0.4, -0.2) is 51.4 Å². The zero-order valence-electron chi connectivity index (χ0n) is 10.8. The molecule has 2 atom stereocenters. The number of halogens is 2. The Morgan fingerprint density at radius 2 is 2.29 bits per heavy atom. The second-order valence-electron chi connectivity index (χ2n) is 4.81. The van der Waals surface area contributed by atoms with Crippen molar-refractivity contribution in [3.05, 3.63) is 29.0 Å². The SMILES string of the molecule is O=C(O)N1CC(F)C(Nc2ncc(Br)c3ncccc23)C1. The molecule has 110 valence electrons. The van der Waals surface area contributed by atoms with Gasteiger partial charge in [-0.05, 0) is 28.1 Å². The third kappa shape index (κ3) is 2.63. The van der Waals surface area contributed by atoms with Gasteiger partial charge in [0.1, 0.15) is 12.0 Å². The highest BCUT2D eigenvalue weighted by Gasteiger charge is 2.35. The van der Waals surface area contributed by atoms with Gasteiger partial charge >= 0.3 is 6.09 Å². The summed E-state index contributed by atoms with van der Waals surface area (Å²) >= 11 is 3.37. The van der Waals surface area contributed by atoms with E-state index in [0.717, 1.165) is 20.3 Å². The lowest BCUT2D eigenvalue weighted by atomic mass is 10.2. The molecule has 1 fully saturated rings. The number of anilines is 1. The number of alkyl halides is 1. The maximum absolute atomic E-state index is 13.9. The van der Waals surface area contributed by atoms with Gasteiger partial charge in [0, 0.05) is 24.3 Å². The molecular weight excluding hydrogens is 343 g/mol. The number of fused-ring (bicyclic) bond motifs is 1. The Morgan fingerprint density at radius 3 is 3.00 bits per heavy atom. The summed E-state index contributed by atoms with van der Waals surface area (Å²) in [4.78, 5) is 20.5. The van der Waals surface area contributed by atoms with Crippen molar-refractivity contribution in [3.63, 3.8) is 0 Å². The number of nitrogens with zero attached hydrogens (tertiary/aromatic N) is 3. The molecule has 0 aliphatic carbocycles. The number of aromatic nitrogens is 2. The van der Waals surface area contributed by atoms with E-state index >= 15 is 0 Å². The topological polar surface area (TPSA) is 78.4 Å². The van der Waals surface area contributed by atoms with Crippen LogP contribution < -0.4 is 5.32 Å². The molecule has 1 aliphatic heterocycles. The normalized spacial score (nSPS) is 21.7. The second-order valence-corrected chi connectivity index (χ2v) is 5.66. The number of hydrogen-bond acceptors (Lipinski definition) is 4. The van der Waals surface area contributed by atoms with Crippen LogP contribution in [-0.2, 0) is 0 Å². The summed E-state index contributed by atoms with van der Waals surface area (Å²) in [6.07, 6.45) is 0.876. The number of carboxylic acid groups (broad SMARTS) is 1. The summed E-state index contributed by atoms with van der Waals surface area (Å²) in [5.41, 5.74) is 0.721. The molecule has 2 aromatic rings. The summed E-state index contributed by atoms with van der Waals surface area (Å²) in [7, 11) is 0. The molecule has 21 heavy (non-hydrogen) atoms. The Bertz CT molecular complexity index is 699. The highest BCUT2D eigenvalue weighted by Crippen LogP contribution is 2.27. The van der Waals surface area contributed by atoms with Crippen molar-refractivity contribution in [2.45, 2.75) is 12.2 Å². The monoisotopic (exact) mass is 354 g/mol. The van der Waals surface area contributed by atoms with Crippen molar-refractivity contribution in [1.82, 2.24) is 14.9 Å². The number of carbonyl (C=O) groups is 1. The van der Waals surface area contributed by atoms with Crippen molar-refractivity contribution in [1.29, 1.82) is 0 Å². The highest BCUT2D eigenvalue weighted by molar-refractivity contribution is 9.10. The number of pyridine rings is 2. The molecule has 6 nitrogen and oxygen atoms in total. The molecule has 0 spiro atoms. The van der Waals surface area contributed by atoms with Crippen LogP contribution >= 0.6 is 15.9 Å². The average molecular weight is 355 g/mol. The minimum absolute atomic E-state index is 0.0933. The van der Waals surface area contributed by atoms with Crippen LogP contribution in [0.2, 0.25) is 0 Å². The third-order valence-corrected chi connectivity index (χ3v) is 4.02. The molecule has 2 aromatic heterocycles. The summed E-state index contributed by atoms with van der Waals surface area (Å²) in [5.74, 6) is 0.501. The molecule has 3 heterocycles. The maximum atomic E-state index is 13.9. The number of likely N-dealkylation sites (tertiary alicyclic amines) is 1. The summed E-state index contributed by atoms with van der Waals surface area (Å²) in [6.45, 7) is -0.0320. The molecule has 0 bridgehead atoms. The first-order valence-corrected chi connectivity index (χ1v) is 7.13. The van der Waals surface area contributed by atoms with Crippen molar-refractivity contribution in [2.75, 3.05) is 18.4 Å². The molecule has 1 amide bonds. The van der Waals surface area contributed by atoms with Crippen molar-refractivity contribution in [2.24, 2.45) is 0 Å². The zero-order chi connectivity index (χ0) is 15.0. The Morgan fingerprint density at radius 1 is 1.48 bits per heavy atom. The smallest absolute Gasteiger partial charge is 0.407 e. The quantitative estimate of drug-likeness (QED) is 0.866. The Hall–Kier alpha value is -1.96. The van der Waals surface area contributed by atoms with Crippen LogP contribution in [0.25, 0.3) is 10.9 Å². The first-order valence-electron chi connectivity index (χ1n) is 6.34. The molecule has 0 saturated carbocycles. The van der Waals surface area contributed by atoms with Crippen molar-refractivity contribution in [3.8, 4) is 0 Å². The minimum atomic E-state index is -1.27. The molecule has 2 unspecified atom stereocenters. The van der Waals surface area contributed by atoms with Crippen LogP contribution in [0.3, 0.4) is 0 Å². The van der Waals surface area contributed by atoms with Crippen LogP contribution in [0.5, 0.6) is 0 Å². The summed E-state index contributed by atoms with van der Waals surface area (Å²) in [5, 5.41) is 12.7. The van der Waals surface area contributed by atoms with E-state index in [0.29, 0.717) is 5.82 Å². The van der Waals surface area contributed by atoms with E-state index in [1.165, 1.54) is 0 Å². The Balaban J connectivity index is 1.89. The highest BCUT2D eigenvalue weighted by atomic mass is 79.9. The van der Waals surface area contributed by atoms with Gasteiger partial charge in [-0.2, -0.15) is 0 Å². The number of nitrogens with one attached hydrogen (secondary N) is 1. The first-order chi connectivity index (χ1) is 10.1. The minimum Gasteiger partial charge on any atom is -0.465 e. The molecule has 0 aromatic carbocycles. The van der Waals surface area contributed by atoms with Crippen LogP contribution in [0.4, 0.5) is 15.0 Å². The van der Waals surface area contributed by atoms with E-state index in [9.17, 15) is 9.18 Å². The van der Waals surface area contributed by atoms with E-state index in [1.54, 1.807) is 18.5 Å². The van der Waals surface area contributed by atoms with E-state index in [4.69, 9.17) is 5.11 Å². The Labute approximate surface area is 128 Å². The van der Waals surface area contributed by atoms with Crippen LogP contribution in [0, 0.1) is 0 Å². The average Bonchev–Trinajstić information content (AvgIpc) is 2.84. The van der Waals surface area contributed by atoms with Crippen molar-refractivity contribution < 1.29 is 14.3 Å². The van der Waals surface area contributed by atoms with Gasteiger partial charge in [-0.15, -0.1) is 0 Å². The third-order valence-electron chi connectivity index (χ3n) is 3.44. The molecule has 8 heteroatoms. The van der Waals surface area contributed by atoms with E-state index in [2.05, 4.69) is 31.2 Å². The van der Waals surface area contributed by atoms with Gasteiger partial charge in [0.25, 0.3) is 0 Å². The number of hydrogen-bond donors (Lipinski definition) is 2. The molecule has 0 radical (unpaired) electrons. The predicted molar refractivity (Wildman–Crippen MR) is 79.1 cm³/mol. The number of amides is 1. The molecular formula is C13H12BrFN4O2. The van der Waals surface area contributed by atoms with Gasteiger partial charge in [0.05, 0.1) is 22.6 Å². The van der Waals surface area contributed by atoms with Gasteiger partial charge in [0.2, 0.25) is 0 Å². The fourth-order valence-electron chi connectivity index (χ4n) is 2.39. The second kappa shape index (κ2) is 5.44. The zero-order valence-corrected chi connectivity index (χ0v) is 12.4. The van der Waals surface area contributed by atoms with Gasteiger partial charge in [-0.1, -0.05) is 0 Å². The van der Waals surface area contributed by atoms with E-state index in [1.807, 2.05) is 6.07 Å². The fraction of sp³-hybridized carbons (Fsp3) is 0.308. The fourth-order valence-corrected chi connectivity index (χ4v) is 2.80. The number of rotatable bonds is 2. The molecule has 3 rings (SSSR count). The summed E-state index contributed by atoms with van der Waals surface area (Å²) < 4.78 is 14.7. The lowest BCUT2D eigenvalue weighted by Gasteiger charge is -2.16. The lowest BCUT2D eigenvalue weighted by molar-refractivity contribution is 0.152. The van der Waals surface area contributed by atoms with Crippen molar-refractivity contribution >= 4 is 38.7 Å². The summed E-state index contributed by atoms with van der Waals surface area (Å²) in [6, 6.07) is 2.99. The van der Waals surface area contributed by atoms with Gasteiger partial charge in [-0.3, -0.25) is 4.98 Å². The molecule has 1 saturated heterocycles. The standard InChI is InChI=1S/C13H12BrFN4O2/c14-8-4-17-12(7-2-1-3-16-11(7)8)18-10-6-19(13(20)21)5-9(10)15/h1-4,9-10H,5-6H2,(H,17,18)(H,20,21). The lowest BCUT2D eigenvalue weighted by Crippen LogP contribution is -2.31. The maximum Gasteiger partial charge on any atom is 0.407 e. The molecule has 1 aliphatic rings. The van der Waals surface area contributed by atoms with Crippen LogP contribution in [0.15, 0.2) is 29.0 Å². The largest absolute Gasteiger partial charge is 0.465 e. The van der Waals surface area contributed by atoms with Gasteiger partial charge in [-0.25, -0.2) is 14.2 Å². The van der Waals surface area contributed by atoms with E-state index in [-0.39, 0.29) is 13.1 Å². The molecule has 2 N–H and O–H groups in total. The van der Waals surface area contributed by atoms with Gasteiger partial charge < -0.3 is 15.3 Å². The van der Waals surface area contributed by atoms with Crippen LogP contribution in [0.1, 0.15) is 0 Å². The Kier molecular flexibility index (Phi) is 3.62. The predicted octanol–water partition coefficient (Wildman–Crippen LogP) is 2.50. The first kappa shape index (κ1) is 14.0.